The number of aromatic nitrogens is 3. The molecule has 0 bridgehead atoms. The van der Waals surface area contributed by atoms with E-state index in [4.69, 9.17) is 0 Å². The molecule has 5 rings (SSSR count). The summed E-state index contributed by atoms with van der Waals surface area (Å²) in [6.45, 7) is 4.25. The minimum Gasteiger partial charge on any atom is -0.347 e. The molecule has 1 atom stereocenters. The quantitative estimate of drug-likeness (QED) is 0.368. The lowest BCUT2D eigenvalue weighted by Crippen LogP contribution is -2.24. The van der Waals surface area contributed by atoms with Crippen molar-refractivity contribution < 1.29 is 9.59 Å². The molecule has 0 saturated carbocycles. The lowest BCUT2D eigenvalue weighted by Gasteiger charge is -2.16. The number of nitrogens with zero attached hydrogens (tertiary/aromatic N) is 2. The monoisotopic (exact) mass is 475 g/mol. The Balaban J connectivity index is 1.41. The van der Waals surface area contributed by atoms with Crippen molar-refractivity contribution in [1.82, 2.24) is 20.5 Å². The molecule has 33 heavy (non-hydrogen) atoms. The zero-order valence-corrected chi connectivity index (χ0v) is 19.6. The van der Waals surface area contributed by atoms with Gasteiger partial charge in [-0.05, 0) is 49.7 Å². The molecule has 0 saturated heterocycles. The van der Waals surface area contributed by atoms with Crippen LogP contribution in [0.5, 0.6) is 0 Å². The number of anilines is 1. The van der Waals surface area contributed by atoms with E-state index in [2.05, 4.69) is 31.2 Å². The molecule has 166 valence electrons. The molecule has 9 heteroatoms. The molecule has 3 heterocycles. The fraction of sp³-hybridized carbons (Fsp3) is 0.125. The van der Waals surface area contributed by atoms with Crippen LogP contribution >= 0.6 is 21.8 Å². The lowest BCUT2D eigenvalue weighted by molar-refractivity contribution is 0.0949. The maximum atomic E-state index is 13.0. The van der Waals surface area contributed by atoms with Gasteiger partial charge in [0.15, 0.2) is 0 Å². The smallest absolute Gasteiger partial charge is 0.256 e. The molecule has 0 aliphatic carbocycles. The fourth-order valence-corrected chi connectivity index (χ4v) is 6.66. The summed E-state index contributed by atoms with van der Waals surface area (Å²) in [7, 11) is -0.372. The van der Waals surface area contributed by atoms with Gasteiger partial charge in [-0.15, -0.1) is 21.8 Å². The van der Waals surface area contributed by atoms with Crippen LogP contribution in [0, 0.1) is 6.92 Å². The maximum absolute atomic E-state index is 13.0. The van der Waals surface area contributed by atoms with Crippen LogP contribution in [0.3, 0.4) is 0 Å². The van der Waals surface area contributed by atoms with Crippen molar-refractivity contribution in [3.63, 3.8) is 0 Å². The Morgan fingerprint density at radius 2 is 2.03 bits per heavy atom. The highest BCUT2D eigenvalue weighted by molar-refractivity contribution is 8.15. The molecular formula is C24H21N5O2S2. The zero-order chi connectivity index (χ0) is 22.9. The molecule has 7 nitrogen and oxygen atoms in total. The van der Waals surface area contributed by atoms with Gasteiger partial charge in [0.1, 0.15) is 5.01 Å². The lowest BCUT2D eigenvalue weighted by atomic mass is 10.1. The summed E-state index contributed by atoms with van der Waals surface area (Å²) in [5.74, 6) is -0.344. The predicted molar refractivity (Wildman–Crippen MR) is 132 cm³/mol. The molecule has 4 aromatic rings. The number of H-pyrrole nitrogens is 1. The number of rotatable bonds is 4. The third kappa shape index (κ3) is 3.90. The van der Waals surface area contributed by atoms with Crippen molar-refractivity contribution >= 4 is 44.7 Å². The molecular weight excluding hydrogens is 454 g/mol. The molecule has 3 N–H and O–H groups in total. The summed E-state index contributed by atoms with van der Waals surface area (Å²) in [6.07, 6.45) is 3.43. The predicted octanol–water partition coefficient (Wildman–Crippen LogP) is 4.85. The average Bonchev–Trinajstić information content (AvgIpc) is 3.50. The van der Waals surface area contributed by atoms with Gasteiger partial charge in [0.2, 0.25) is 0 Å². The molecule has 2 aromatic heterocycles. The highest BCUT2D eigenvalue weighted by Crippen LogP contribution is 2.45. The third-order valence-corrected chi connectivity index (χ3v) is 8.60. The SMILES string of the molecule is C/C=S1\c2ccccc2C(=O)Nc2c1ccc(C(=O)NCc1cnc(-c3ccn[nH]3)s1)c2C. The Labute approximate surface area is 197 Å². The van der Waals surface area contributed by atoms with Crippen molar-refractivity contribution in [2.24, 2.45) is 0 Å². The molecule has 0 spiro atoms. The van der Waals surface area contributed by atoms with E-state index in [1.54, 1.807) is 12.4 Å². The van der Waals surface area contributed by atoms with Gasteiger partial charge >= 0.3 is 0 Å². The summed E-state index contributed by atoms with van der Waals surface area (Å²) < 4.78 is 0. The Bertz CT molecular complexity index is 1410. The summed E-state index contributed by atoms with van der Waals surface area (Å²) in [5.41, 5.74) is 3.52. The van der Waals surface area contributed by atoms with Gasteiger partial charge in [-0.1, -0.05) is 17.5 Å². The van der Waals surface area contributed by atoms with Gasteiger partial charge in [0, 0.05) is 32.6 Å². The van der Waals surface area contributed by atoms with E-state index in [0.717, 1.165) is 30.9 Å². The first-order chi connectivity index (χ1) is 16.1. The number of hydrogen-bond acceptors (Lipinski definition) is 5. The molecule has 1 aliphatic heterocycles. The Hall–Kier alpha value is -3.56. The fourth-order valence-electron chi connectivity index (χ4n) is 3.82. The van der Waals surface area contributed by atoms with E-state index in [1.165, 1.54) is 11.3 Å². The van der Waals surface area contributed by atoms with E-state index >= 15 is 0 Å². The first-order valence-electron chi connectivity index (χ1n) is 10.4. The van der Waals surface area contributed by atoms with Gasteiger partial charge in [0.05, 0.1) is 23.5 Å². The summed E-state index contributed by atoms with van der Waals surface area (Å²) in [6, 6.07) is 13.3. The van der Waals surface area contributed by atoms with Crippen molar-refractivity contribution in [3.05, 3.63) is 76.4 Å². The first kappa shape index (κ1) is 21.3. The normalized spacial score (nSPS) is 14.8. The number of amides is 2. The molecule has 1 unspecified atom stereocenters. The van der Waals surface area contributed by atoms with Crippen LogP contribution < -0.4 is 10.6 Å². The minimum atomic E-state index is -0.372. The second kappa shape index (κ2) is 8.76. The van der Waals surface area contributed by atoms with Crippen molar-refractivity contribution in [3.8, 4) is 10.7 Å². The van der Waals surface area contributed by atoms with Crippen LogP contribution in [0.1, 0.15) is 38.1 Å². The van der Waals surface area contributed by atoms with Gasteiger partial charge in [-0.2, -0.15) is 5.10 Å². The molecule has 1 aliphatic rings. The summed E-state index contributed by atoms with van der Waals surface area (Å²) >= 11 is 1.50. The summed E-state index contributed by atoms with van der Waals surface area (Å²) in [5, 5.41) is 15.8. The Morgan fingerprint density at radius 3 is 2.82 bits per heavy atom. The van der Waals surface area contributed by atoms with Crippen LogP contribution in [-0.4, -0.2) is 32.4 Å². The number of thiazole rings is 1. The highest BCUT2D eigenvalue weighted by Gasteiger charge is 2.25. The standard InChI is InChI=1S/C24H21N5O2S2/c1-3-33-19-7-5-4-6-17(19)23(31)28-21-14(2)16(8-9-20(21)33)22(30)25-12-15-13-26-24(32-15)18-10-11-27-29-18/h3-11,13H,12H2,1-2H3,(H,25,30)(H,27,29)(H,28,31). The number of nitrogens with one attached hydrogen (secondary N) is 3. The van der Waals surface area contributed by atoms with Gasteiger partial charge in [-0.3, -0.25) is 14.7 Å². The number of benzene rings is 2. The largest absolute Gasteiger partial charge is 0.347 e. The van der Waals surface area contributed by atoms with E-state index < -0.39 is 0 Å². The van der Waals surface area contributed by atoms with Gasteiger partial charge < -0.3 is 10.6 Å². The number of carbonyl (C=O) groups excluding carboxylic acids is 2. The highest BCUT2D eigenvalue weighted by atomic mass is 32.2. The van der Waals surface area contributed by atoms with Crippen LogP contribution in [0.25, 0.3) is 10.7 Å². The Kier molecular flexibility index (Phi) is 5.65. The average molecular weight is 476 g/mol. The number of carbonyl (C=O) groups is 2. The molecule has 2 aromatic carbocycles. The zero-order valence-electron chi connectivity index (χ0n) is 18.0. The van der Waals surface area contributed by atoms with Crippen molar-refractivity contribution in [1.29, 1.82) is 0 Å². The molecule has 0 fully saturated rings. The number of hydrogen-bond donors (Lipinski definition) is 3. The second-order valence-electron chi connectivity index (χ2n) is 7.42. The maximum Gasteiger partial charge on any atom is 0.256 e. The third-order valence-electron chi connectivity index (χ3n) is 5.46. The van der Waals surface area contributed by atoms with E-state index in [9.17, 15) is 9.59 Å². The van der Waals surface area contributed by atoms with E-state index in [0.29, 0.717) is 23.4 Å². The molecule has 0 radical (unpaired) electrons. The van der Waals surface area contributed by atoms with Crippen molar-refractivity contribution in [2.45, 2.75) is 30.2 Å². The summed E-state index contributed by atoms with van der Waals surface area (Å²) in [4.78, 5) is 33.3. The molecule has 2 amide bonds. The Morgan fingerprint density at radius 1 is 1.18 bits per heavy atom. The van der Waals surface area contributed by atoms with Crippen LogP contribution in [-0.2, 0) is 6.54 Å². The van der Waals surface area contributed by atoms with Crippen LogP contribution in [0.15, 0.2) is 64.6 Å². The topological polar surface area (TPSA) is 99.8 Å². The van der Waals surface area contributed by atoms with Crippen LogP contribution in [0.2, 0.25) is 0 Å². The number of fused-ring (bicyclic) bond motifs is 2. The number of aromatic amines is 1. The van der Waals surface area contributed by atoms with Gasteiger partial charge in [0.25, 0.3) is 11.8 Å². The van der Waals surface area contributed by atoms with Gasteiger partial charge in [-0.25, -0.2) is 4.98 Å². The second-order valence-corrected chi connectivity index (χ2v) is 10.6. The van der Waals surface area contributed by atoms with Crippen molar-refractivity contribution in [2.75, 3.05) is 5.32 Å². The van der Waals surface area contributed by atoms with E-state index in [1.807, 2.05) is 56.3 Å². The minimum absolute atomic E-state index is 0.152. The van der Waals surface area contributed by atoms with Crippen LogP contribution in [0.4, 0.5) is 5.69 Å². The van der Waals surface area contributed by atoms with E-state index in [-0.39, 0.29) is 22.3 Å². The first-order valence-corrected chi connectivity index (χ1v) is 12.5.